The molecule has 0 aromatic rings. The van der Waals surface area contributed by atoms with Gasteiger partial charge in [0, 0.05) is 32.2 Å². The fourth-order valence-corrected chi connectivity index (χ4v) is 4.10. The van der Waals surface area contributed by atoms with Crippen LogP contribution in [-0.4, -0.2) is 48.6 Å². The molecule has 3 fully saturated rings. The second-order valence-electron chi connectivity index (χ2n) is 6.72. The van der Waals surface area contributed by atoms with Crippen LogP contribution in [0.1, 0.15) is 45.4 Å². The van der Waals surface area contributed by atoms with Crippen molar-refractivity contribution in [2.24, 2.45) is 11.8 Å². The fraction of sp³-hybridized carbons (Fsp3) is 1.00. The largest absolute Gasteiger partial charge is 0.300 e. The predicted octanol–water partition coefficient (Wildman–Crippen LogP) is 2.59. The molecular formula is C15H28N2. The molecule has 2 aliphatic heterocycles. The van der Waals surface area contributed by atoms with E-state index < -0.39 is 0 Å². The highest BCUT2D eigenvalue weighted by Crippen LogP contribution is 2.30. The molecule has 2 heteroatoms. The van der Waals surface area contributed by atoms with E-state index in [1.807, 2.05) is 0 Å². The summed E-state index contributed by atoms with van der Waals surface area (Å²) < 4.78 is 0. The Hall–Kier alpha value is -0.0800. The highest BCUT2D eigenvalue weighted by Gasteiger charge is 2.31. The Labute approximate surface area is 106 Å². The maximum atomic E-state index is 2.77. The monoisotopic (exact) mass is 236 g/mol. The molecule has 1 atom stereocenters. The van der Waals surface area contributed by atoms with Gasteiger partial charge < -0.3 is 4.90 Å². The number of rotatable bonds is 2. The van der Waals surface area contributed by atoms with E-state index in [-0.39, 0.29) is 0 Å². The lowest BCUT2D eigenvalue weighted by atomic mass is 9.82. The van der Waals surface area contributed by atoms with Gasteiger partial charge in [-0.15, -0.1) is 0 Å². The Bertz CT molecular complexity index is 245. The summed E-state index contributed by atoms with van der Waals surface area (Å²) in [6.45, 7) is 9.24. The molecule has 0 aromatic heterocycles. The molecule has 0 radical (unpaired) electrons. The maximum absolute atomic E-state index is 2.77. The lowest BCUT2D eigenvalue weighted by Gasteiger charge is -2.40. The van der Waals surface area contributed by atoms with E-state index in [2.05, 4.69) is 16.7 Å². The fourth-order valence-electron chi connectivity index (χ4n) is 4.10. The molecule has 0 aromatic carbocycles. The van der Waals surface area contributed by atoms with Gasteiger partial charge in [0.15, 0.2) is 0 Å². The van der Waals surface area contributed by atoms with E-state index in [9.17, 15) is 0 Å². The van der Waals surface area contributed by atoms with Gasteiger partial charge in [-0.3, -0.25) is 4.90 Å². The molecule has 1 unspecified atom stereocenters. The molecule has 0 N–H and O–H groups in total. The van der Waals surface area contributed by atoms with Crippen LogP contribution in [0.5, 0.6) is 0 Å². The molecule has 2 heterocycles. The SMILES string of the molecule is CC1CCC(CN2CCN3CCCC3C2)CC1. The van der Waals surface area contributed by atoms with E-state index in [0.717, 1.165) is 17.9 Å². The van der Waals surface area contributed by atoms with Crippen molar-refractivity contribution in [2.45, 2.75) is 51.5 Å². The minimum Gasteiger partial charge on any atom is -0.300 e. The van der Waals surface area contributed by atoms with Crippen molar-refractivity contribution in [3.63, 3.8) is 0 Å². The first kappa shape index (κ1) is 12.0. The number of nitrogens with zero attached hydrogens (tertiary/aromatic N) is 2. The minimum absolute atomic E-state index is 0.909. The highest BCUT2D eigenvalue weighted by atomic mass is 15.3. The number of hydrogen-bond donors (Lipinski definition) is 0. The topological polar surface area (TPSA) is 6.48 Å². The van der Waals surface area contributed by atoms with Gasteiger partial charge in [0.1, 0.15) is 0 Å². The second kappa shape index (κ2) is 5.27. The molecule has 0 spiro atoms. The van der Waals surface area contributed by atoms with Crippen LogP contribution in [0.2, 0.25) is 0 Å². The lowest BCUT2D eigenvalue weighted by molar-refractivity contribution is 0.0826. The van der Waals surface area contributed by atoms with Gasteiger partial charge in [-0.2, -0.15) is 0 Å². The maximum Gasteiger partial charge on any atom is 0.0224 e. The molecule has 0 bridgehead atoms. The van der Waals surface area contributed by atoms with Crippen LogP contribution in [0.4, 0.5) is 0 Å². The number of hydrogen-bond acceptors (Lipinski definition) is 2. The van der Waals surface area contributed by atoms with E-state index in [1.165, 1.54) is 71.2 Å². The summed E-state index contributed by atoms with van der Waals surface area (Å²) in [5, 5.41) is 0. The number of fused-ring (bicyclic) bond motifs is 1. The van der Waals surface area contributed by atoms with E-state index in [4.69, 9.17) is 0 Å². The zero-order valence-corrected chi connectivity index (χ0v) is 11.4. The van der Waals surface area contributed by atoms with Crippen molar-refractivity contribution < 1.29 is 0 Å². The summed E-state index contributed by atoms with van der Waals surface area (Å²) >= 11 is 0. The van der Waals surface area contributed by atoms with Crippen molar-refractivity contribution in [3.05, 3.63) is 0 Å². The molecule has 0 amide bonds. The lowest BCUT2D eigenvalue weighted by Crippen LogP contribution is -2.51. The Morgan fingerprint density at radius 1 is 0.941 bits per heavy atom. The van der Waals surface area contributed by atoms with Gasteiger partial charge >= 0.3 is 0 Å². The summed E-state index contributed by atoms with van der Waals surface area (Å²) in [7, 11) is 0. The third kappa shape index (κ3) is 2.85. The van der Waals surface area contributed by atoms with Crippen molar-refractivity contribution in [3.8, 4) is 0 Å². The summed E-state index contributed by atoms with van der Waals surface area (Å²) in [4.78, 5) is 5.49. The standard InChI is InChI=1S/C15H28N2/c1-13-4-6-14(7-5-13)11-16-9-10-17-8-2-3-15(17)12-16/h13-15H,2-12H2,1H3. The molecule has 17 heavy (non-hydrogen) atoms. The van der Waals surface area contributed by atoms with Crippen LogP contribution < -0.4 is 0 Å². The van der Waals surface area contributed by atoms with Gasteiger partial charge in [0.2, 0.25) is 0 Å². The smallest absolute Gasteiger partial charge is 0.0224 e. The zero-order valence-electron chi connectivity index (χ0n) is 11.4. The number of piperazine rings is 1. The first-order valence-electron chi connectivity index (χ1n) is 7.77. The van der Waals surface area contributed by atoms with Crippen molar-refractivity contribution >= 4 is 0 Å². The Morgan fingerprint density at radius 2 is 1.76 bits per heavy atom. The van der Waals surface area contributed by atoms with Gasteiger partial charge in [0.25, 0.3) is 0 Å². The zero-order chi connectivity index (χ0) is 11.7. The summed E-state index contributed by atoms with van der Waals surface area (Å²) in [5.74, 6) is 2.01. The van der Waals surface area contributed by atoms with Gasteiger partial charge in [-0.05, 0) is 44.1 Å². The van der Waals surface area contributed by atoms with Gasteiger partial charge in [-0.25, -0.2) is 0 Å². The third-order valence-electron chi connectivity index (χ3n) is 5.32. The van der Waals surface area contributed by atoms with E-state index >= 15 is 0 Å². The van der Waals surface area contributed by atoms with Crippen LogP contribution in [0, 0.1) is 11.8 Å². The van der Waals surface area contributed by atoms with Gasteiger partial charge in [0.05, 0.1) is 0 Å². The van der Waals surface area contributed by atoms with Gasteiger partial charge in [-0.1, -0.05) is 19.8 Å². The van der Waals surface area contributed by atoms with Crippen molar-refractivity contribution in [1.29, 1.82) is 0 Å². The molecule has 2 saturated heterocycles. The first-order chi connectivity index (χ1) is 8.31. The third-order valence-corrected chi connectivity index (χ3v) is 5.32. The molecule has 98 valence electrons. The predicted molar refractivity (Wildman–Crippen MR) is 72.2 cm³/mol. The molecule has 1 aliphatic carbocycles. The Kier molecular flexibility index (Phi) is 3.72. The Balaban J connectivity index is 1.46. The van der Waals surface area contributed by atoms with Crippen LogP contribution in [0.15, 0.2) is 0 Å². The van der Waals surface area contributed by atoms with Crippen LogP contribution in [-0.2, 0) is 0 Å². The first-order valence-corrected chi connectivity index (χ1v) is 7.77. The molecule has 2 nitrogen and oxygen atoms in total. The highest BCUT2D eigenvalue weighted by molar-refractivity contribution is 4.87. The van der Waals surface area contributed by atoms with Crippen molar-refractivity contribution in [1.82, 2.24) is 9.80 Å². The summed E-state index contributed by atoms with van der Waals surface area (Å²) in [6, 6.07) is 0.909. The molecular weight excluding hydrogens is 208 g/mol. The normalized spacial score (nSPS) is 40.4. The quantitative estimate of drug-likeness (QED) is 0.727. The van der Waals surface area contributed by atoms with Crippen molar-refractivity contribution in [2.75, 3.05) is 32.7 Å². The Morgan fingerprint density at radius 3 is 2.59 bits per heavy atom. The van der Waals surface area contributed by atoms with E-state index in [0.29, 0.717) is 0 Å². The average Bonchev–Trinajstić information content (AvgIpc) is 2.79. The minimum atomic E-state index is 0.909. The van der Waals surface area contributed by atoms with Crippen LogP contribution >= 0.6 is 0 Å². The molecule has 3 rings (SSSR count). The second-order valence-corrected chi connectivity index (χ2v) is 6.72. The summed E-state index contributed by atoms with van der Waals surface area (Å²) in [5.41, 5.74) is 0. The van der Waals surface area contributed by atoms with Crippen LogP contribution in [0.25, 0.3) is 0 Å². The molecule has 3 aliphatic rings. The summed E-state index contributed by atoms with van der Waals surface area (Å²) in [6.07, 6.45) is 8.85. The van der Waals surface area contributed by atoms with Crippen LogP contribution in [0.3, 0.4) is 0 Å². The molecule has 1 saturated carbocycles. The van der Waals surface area contributed by atoms with E-state index in [1.54, 1.807) is 0 Å². The average molecular weight is 236 g/mol.